The molecule has 0 aromatic heterocycles. The highest BCUT2D eigenvalue weighted by molar-refractivity contribution is 6.30. The molecule has 0 unspecified atom stereocenters. The Morgan fingerprint density at radius 3 is 2.61 bits per heavy atom. The van der Waals surface area contributed by atoms with E-state index in [2.05, 4.69) is 16.2 Å². The molecule has 118 valence electrons. The molecule has 0 spiro atoms. The number of hydrazine groups is 1. The van der Waals surface area contributed by atoms with Crippen LogP contribution >= 0.6 is 11.6 Å². The van der Waals surface area contributed by atoms with E-state index in [4.69, 9.17) is 11.6 Å². The van der Waals surface area contributed by atoms with Crippen LogP contribution in [0.3, 0.4) is 0 Å². The second-order valence-corrected chi connectivity index (χ2v) is 5.92. The van der Waals surface area contributed by atoms with Gasteiger partial charge in [-0.3, -0.25) is 15.0 Å². The first-order chi connectivity index (χ1) is 11.0. The maximum atomic E-state index is 12.4. The van der Waals surface area contributed by atoms with Gasteiger partial charge in [-0.25, -0.2) is 5.43 Å². The minimum Gasteiger partial charge on any atom is -0.338 e. The first-order valence-corrected chi connectivity index (χ1v) is 7.61. The van der Waals surface area contributed by atoms with Crippen LogP contribution in [0, 0.1) is 6.92 Å². The summed E-state index contributed by atoms with van der Waals surface area (Å²) >= 11 is 5.89. The highest BCUT2D eigenvalue weighted by atomic mass is 35.5. The number of aryl methyl sites for hydroxylation is 1. The number of halogens is 1. The van der Waals surface area contributed by atoms with Gasteiger partial charge in [-0.15, -0.1) is 0 Å². The number of carbonyl (C=O) groups is 2. The molecular formula is C17H16ClN3O2. The smallest absolute Gasteiger partial charge is 0.258 e. The van der Waals surface area contributed by atoms with Crippen molar-refractivity contribution in [3.63, 3.8) is 0 Å². The van der Waals surface area contributed by atoms with Gasteiger partial charge in [0.15, 0.2) is 0 Å². The maximum absolute atomic E-state index is 12.4. The van der Waals surface area contributed by atoms with Crippen molar-refractivity contribution >= 4 is 23.4 Å². The fraction of sp³-hybridized carbons (Fsp3) is 0.176. The molecule has 3 N–H and O–H groups in total. The lowest BCUT2D eigenvalue weighted by Gasteiger charge is -2.18. The first kappa shape index (κ1) is 15.5. The summed E-state index contributed by atoms with van der Waals surface area (Å²) in [4.78, 5) is 24.4. The number of nitrogens with one attached hydrogen (secondary N) is 3. The lowest BCUT2D eigenvalue weighted by Crippen LogP contribution is -2.42. The summed E-state index contributed by atoms with van der Waals surface area (Å²) < 4.78 is 0. The van der Waals surface area contributed by atoms with Crippen molar-refractivity contribution in [3.8, 4) is 0 Å². The van der Waals surface area contributed by atoms with Crippen molar-refractivity contribution in [2.45, 2.75) is 19.0 Å². The SMILES string of the molecule is Cc1cccc(C(=O)N[C@@H]2C(=O)NN[C@@H]2c2ccc(Cl)cc2)c1. The van der Waals surface area contributed by atoms with E-state index in [-0.39, 0.29) is 17.9 Å². The lowest BCUT2D eigenvalue weighted by atomic mass is 10.0. The molecule has 23 heavy (non-hydrogen) atoms. The van der Waals surface area contributed by atoms with E-state index >= 15 is 0 Å². The Morgan fingerprint density at radius 2 is 1.91 bits per heavy atom. The van der Waals surface area contributed by atoms with Crippen LogP contribution in [-0.2, 0) is 4.79 Å². The van der Waals surface area contributed by atoms with E-state index < -0.39 is 6.04 Å². The van der Waals surface area contributed by atoms with Crippen molar-refractivity contribution in [3.05, 3.63) is 70.2 Å². The van der Waals surface area contributed by atoms with Gasteiger partial charge in [-0.2, -0.15) is 0 Å². The van der Waals surface area contributed by atoms with E-state index in [9.17, 15) is 9.59 Å². The van der Waals surface area contributed by atoms with Gasteiger partial charge >= 0.3 is 0 Å². The minimum absolute atomic E-state index is 0.272. The summed E-state index contributed by atoms with van der Waals surface area (Å²) in [7, 11) is 0. The number of carbonyl (C=O) groups excluding carboxylic acids is 2. The van der Waals surface area contributed by atoms with Gasteiger partial charge in [0.2, 0.25) is 0 Å². The van der Waals surface area contributed by atoms with E-state index in [1.807, 2.05) is 31.2 Å². The molecule has 1 aliphatic rings. The number of hydrogen-bond acceptors (Lipinski definition) is 3. The molecule has 0 radical (unpaired) electrons. The largest absolute Gasteiger partial charge is 0.338 e. The molecule has 1 aliphatic heterocycles. The highest BCUT2D eigenvalue weighted by Crippen LogP contribution is 2.22. The maximum Gasteiger partial charge on any atom is 0.258 e. The summed E-state index contributed by atoms with van der Waals surface area (Å²) in [5, 5.41) is 3.41. The van der Waals surface area contributed by atoms with Crippen LogP contribution in [0.1, 0.15) is 27.5 Å². The molecule has 0 bridgehead atoms. The normalized spacial score (nSPS) is 20.2. The third-order valence-electron chi connectivity index (χ3n) is 3.76. The zero-order valence-electron chi connectivity index (χ0n) is 12.5. The van der Waals surface area contributed by atoms with Crippen LogP contribution in [0.4, 0.5) is 0 Å². The number of benzene rings is 2. The number of hydrogen-bond donors (Lipinski definition) is 3. The molecule has 2 aromatic rings. The summed E-state index contributed by atoms with van der Waals surface area (Å²) in [6.07, 6.45) is 0. The van der Waals surface area contributed by atoms with Gasteiger partial charge in [0.25, 0.3) is 11.8 Å². The second-order valence-electron chi connectivity index (χ2n) is 5.48. The second kappa shape index (κ2) is 6.40. The average molecular weight is 330 g/mol. The predicted molar refractivity (Wildman–Crippen MR) is 87.9 cm³/mol. The molecule has 1 fully saturated rings. The van der Waals surface area contributed by atoms with Crippen LogP contribution in [0.5, 0.6) is 0 Å². The van der Waals surface area contributed by atoms with E-state index in [1.54, 1.807) is 24.3 Å². The average Bonchev–Trinajstić information content (AvgIpc) is 2.89. The first-order valence-electron chi connectivity index (χ1n) is 7.23. The number of rotatable bonds is 3. The van der Waals surface area contributed by atoms with Gasteiger partial charge in [0, 0.05) is 10.6 Å². The van der Waals surface area contributed by atoms with Crippen molar-refractivity contribution in [2.24, 2.45) is 0 Å². The molecule has 2 aromatic carbocycles. The quantitative estimate of drug-likeness (QED) is 0.808. The zero-order chi connectivity index (χ0) is 16.4. The van der Waals surface area contributed by atoms with Crippen LogP contribution in [0.25, 0.3) is 0 Å². The van der Waals surface area contributed by atoms with Crippen LogP contribution in [-0.4, -0.2) is 17.9 Å². The Bertz CT molecular complexity index is 746. The summed E-state index contributed by atoms with van der Waals surface area (Å²) in [5.41, 5.74) is 7.84. The Hall–Kier alpha value is -2.37. The minimum atomic E-state index is -0.691. The number of amides is 2. The Kier molecular flexibility index (Phi) is 4.32. The predicted octanol–water partition coefficient (Wildman–Crippen LogP) is 2.12. The molecule has 5 nitrogen and oxygen atoms in total. The van der Waals surface area contributed by atoms with Crippen LogP contribution < -0.4 is 16.2 Å². The molecular weight excluding hydrogens is 314 g/mol. The molecule has 3 rings (SSSR count). The summed E-state index contributed by atoms with van der Waals surface area (Å²) in [6.45, 7) is 1.91. The molecule has 0 aliphatic carbocycles. The van der Waals surface area contributed by atoms with Gasteiger partial charge in [0.05, 0.1) is 6.04 Å². The van der Waals surface area contributed by atoms with E-state index in [0.717, 1.165) is 11.1 Å². The molecule has 0 saturated carbocycles. The topological polar surface area (TPSA) is 70.2 Å². The Labute approximate surface area is 139 Å². The highest BCUT2D eigenvalue weighted by Gasteiger charge is 2.36. The van der Waals surface area contributed by atoms with Gasteiger partial charge in [-0.1, -0.05) is 41.4 Å². The van der Waals surface area contributed by atoms with E-state index in [0.29, 0.717) is 10.6 Å². The summed E-state index contributed by atoms with van der Waals surface area (Å²) in [6, 6.07) is 13.3. The monoisotopic (exact) mass is 329 g/mol. The Morgan fingerprint density at radius 1 is 1.17 bits per heavy atom. The van der Waals surface area contributed by atoms with Gasteiger partial charge in [0.1, 0.15) is 6.04 Å². The van der Waals surface area contributed by atoms with Crippen molar-refractivity contribution in [1.29, 1.82) is 0 Å². The Balaban J connectivity index is 1.80. The van der Waals surface area contributed by atoms with Crippen molar-refractivity contribution < 1.29 is 9.59 Å². The fourth-order valence-corrected chi connectivity index (χ4v) is 2.69. The molecule has 1 heterocycles. The lowest BCUT2D eigenvalue weighted by molar-refractivity contribution is -0.121. The van der Waals surface area contributed by atoms with Gasteiger partial charge in [-0.05, 0) is 36.8 Å². The fourth-order valence-electron chi connectivity index (χ4n) is 2.57. The third-order valence-corrected chi connectivity index (χ3v) is 4.01. The van der Waals surface area contributed by atoms with Crippen LogP contribution in [0.2, 0.25) is 5.02 Å². The molecule has 1 saturated heterocycles. The van der Waals surface area contributed by atoms with Crippen molar-refractivity contribution in [2.75, 3.05) is 0 Å². The molecule has 2 amide bonds. The van der Waals surface area contributed by atoms with E-state index in [1.165, 1.54) is 0 Å². The molecule has 6 heteroatoms. The standard InChI is InChI=1S/C17H16ClN3O2/c1-10-3-2-4-12(9-10)16(22)19-15-14(20-21-17(15)23)11-5-7-13(18)8-6-11/h2-9,14-15,20H,1H3,(H,19,22)(H,21,23)/t14-,15+/m1/s1. The third kappa shape index (κ3) is 3.36. The zero-order valence-corrected chi connectivity index (χ0v) is 13.2. The van der Waals surface area contributed by atoms with Gasteiger partial charge < -0.3 is 5.32 Å². The summed E-state index contributed by atoms with van der Waals surface area (Å²) in [5.74, 6) is -0.553. The van der Waals surface area contributed by atoms with Crippen molar-refractivity contribution in [1.82, 2.24) is 16.2 Å². The molecule has 2 atom stereocenters. The van der Waals surface area contributed by atoms with Crippen LogP contribution in [0.15, 0.2) is 48.5 Å².